The number of esters is 2. The van der Waals surface area contributed by atoms with Crippen LogP contribution in [-0.4, -0.2) is 85.7 Å². The first-order valence-corrected chi connectivity index (χ1v) is 21.7. The topological polar surface area (TPSA) is 117 Å². The molecule has 11 nitrogen and oxygen atoms in total. The molecule has 2 bridgehead atoms. The third kappa shape index (κ3) is 10.0. The summed E-state index contributed by atoms with van der Waals surface area (Å²) in [6.07, 6.45) is 4.80. The fraction of sp³-hybridized carbons (Fsp3) is 0.347. The summed E-state index contributed by atoms with van der Waals surface area (Å²) < 4.78 is 29.3. The maximum absolute atomic E-state index is 13.5. The van der Waals surface area contributed by atoms with E-state index >= 15 is 0 Å². The van der Waals surface area contributed by atoms with E-state index in [0.717, 1.165) is 49.2 Å². The third-order valence-electron chi connectivity index (χ3n) is 12.2. The number of hydrogen-bond donors (Lipinski definition) is 0. The minimum Gasteiger partial charge on any atom is -0.493 e. The van der Waals surface area contributed by atoms with E-state index in [1.807, 2.05) is 66.7 Å². The molecule has 1 amide bonds. The maximum atomic E-state index is 13.5. The monoisotopic (exact) mass is 877 g/mol. The number of aromatic nitrogens is 1. The number of likely N-dealkylation sites (tertiary alicyclic amines) is 1. The van der Waals surface area contributed by atoms with Crippen LogP contribution in [-0.2, 0) is 32.1 Å². The second kappa shape index (κ2) is 19.6. The van der Waals surface area contributed by atoms with E-state index in [0.29, 0.717) is 49.9 Å². The van der Waals surface area contributed by atoms with Crippen molar-refractivity contribution in [1.82, 2.24) is 14.8 Å². The van der Waals surface area contributed by atoms with Gasteiger partial charge in [-0.15, -0.1) is 0 Å². The summed E-state index contributed by atoms with van der Waals surface area (Å²) in [6.45, 7) is 3.72. The number of methoxy groups -OCH3 is 2. The van der Waals surface area contributed by atoms with Crippen molar-refractivity contribution in [3.05, 3.63) is 153 Å². The molecular formula is C49H49Cl2N3O8. The molecule has 0 N–H and O–H groups in total. The predicted octanol–water partition coefficient (Wildman–Crippen LogP) is 8.74. The van der Waals surface area contributed by atoms with Crippen molar-refractivity contribution in [3.8, 4) is 17.2 Å². The lowest BCUT2D eigenvalue weighted by atomic mass is 9.85. The van der Waals surface area contributed by atoms with Crippen molar-refractivity contribution in [2.24, 2.45) is 11.8 Å². The van der Waals surface area contributed by atoms with E-state index in [-0.39, 0.29) is 56.4 Å². The fourth-order valence-corrected chi connectivity index (χ4v) is 9.10. The second-order valence-corrected chi connectivity index (χ2v) is 16.9. The van der Waals surface area contributed by atoms with Crippen molar-refractivity contribution >= 4 is 41.0 Å². The molecule has 5 heterocycles. The molecule has 4 aromatic carbocycles. The lowest BCUT2D eigenvalue weighted by Crippen LogP contribution is -2.53. The number of carbonyl (C=O) groups is 3. The van der Waals surface area contributed by atoms with Gasteiger partial charge in [0.15, 0.2) is 11.5 Å². The van der Waals surface area contributed by atoms with Gasteiger partial charge in [0.05, 0.1) is 36.6 Å². The molecule has 5 aromatic rings. The molecule has 0 unspecified atom stereocenters. The second-order valence-electron chi connectivity index (χ2n) is 16.1. The van der Waals surface area contributed by atoms with E-state index in [4.69, 9.17) is 46.9 Å². The number of ether oxygens (including phenoxy) is 5. The van der Waals surface area contributed by atoms with Crippen LogP contribution in [0.3, 0.4) is 0 Å². The molecule has 9 rings (SSSR count). The normalized spacial score (nSPS) is 19.2. The van der Waals surface area contributed by atoms with Gasteiger partial charge in [-0.05, 0) is 96.1 Å². The number of halogens is 2. The number of rotatable bonds is 16. The minimum atomic E-state index is -0.754. The van der Waals surface area contributed by atoms with E-state index in [2.05, 4.69) is 9.88 Å². The van der Waals surface area contributed by atoms with Crippen LogP contribution in [0.1, 0.15) is 69.5 Å². The Morgan fingerprint density at radius 3 is 2.16 bits per heavy atom. The molecule has 4 aliphatic rings. The lowest BCUT2D eigenvalue weighted by molar-refractivity contribution is -0.160. The first-order valence-electron chi connectivity index (χ1n) is 20.9. The largest absolute Gasteiger partial charge is 0.493 e. The van der Waals surface area contributed by atoms with Gasteiger partial charge in [-0.3, -0.25) is 24.3 Å². The van der Waals surface area contributed by atoms with E-state index in [9.17, 15) is 14.4 Å². The Bertz CT molecular complexity index is 2350. The van der Waals surface area contributed by atoms with Gasteiger partial charge in [0.2, 0.25) is 0 Å². The standard InChI is InChI=1S/C49H49Cl2N3O8/c1-58-43-16-15-36(22-45(43)59-2)44(23-40-41(50)25-52-26-42(40)51)62-49(57)37-27-54(28-37)48(56)34-13-11-31(12-14-34)30-60-38-10-6-9-35(21-38)39(32-7-4-3-5-8-32)24-47(55)61-46-29-53-19-17-33(46)18-20-53/h3-16,21-22,25-26,33,37,39,44,46H,17-20,23-24,27-30H2,1-2H3/t39-,44-,46-/m0/s1. The zero-order valence-corrected chi connectivity index (χ0v) is 36.2. The van der Waals surface area contributed by atoms with Crippen LogP contribution in [0.2, 0.25) is 10.0 Å². The van der Waals surface area contributed by atoms with Crippen molar-refractivity contribution in [2.75, 3.05) is 46.9 Å². The zero-order chi connectivity index (χ0) is 43.2. The van der Waals surface area contributed by atoms with Crippen LogP contribution in [0.4, 0.5) is 0 Å². The summed E-state index contributed by atoms with van der Waals surface area (Å²) in [6, 6.07) is 30.5. The number of benzene rings is 4. The van der Waals surface area contributed by atoms with E-state index < -0.39 is 18.0 Å². The van der Waals surface area contributed by atoms with Gasteiger partial charge < -0.3 is 28.6 Å². The maximum Gasteiger partial charge on any atom is 0.313 e. The SMILES string of the molecule is COc1ccc([C@H](Cc2c(Cl)cncc2Cl)OC(=O)C2CN(C(=O)c3ccc(COc4cccc([C@@H](CC(=O)O[C@H]5CN6CCC5CC6)c5ccccc5)c4)cc3)C2)cc1OC. The molecule has 0 radical (unpaired) electrons. The Morgan fingerprint density at radius 1 is 0.774 bits per heavy atom. The summed E-state index contributed by atoms with van der Waals surface area (Å²) in [5.74, 6) is 0.636. The quantitative estimate of drug-likeness (QED) is 0.0892. The summed E-state index contributed by atoms with van der Waals surface area (Å²) in [5, 5.41) is 0.710. The molecule has 4 saturated heterocycles. The predicted molar refractivity (Wildman–Crippen MR) is 235 cm³/mol. The highest BCUT2D eigenvalue weighted by Crippen LogP contribution is 2.37. The molecule has 0 saturated carbocycles. The van der Waals surface area contributed by atoms with Crippen molar-refractivity contribution in [1.29, 1.82) is 0 Å². The average Bonchev–Trinajstić information content (AvgIpc) is 3.28. The van der Waals surface area contributed by atoms with E-state index in [1.165, 1.54) is 19.5 Å². The number of nitrogens with zero attached hydrogens (tertiary/aromatic N) is 3. The smallest absolute Gasteiger partial charge is 0.313 e. The van der Waals surface area contributed by atoms with Gasteiger partial charge in [-0.25, -0.2) is 0 Å². The van der Waals surface area contributed by atoms with Crippen LogP contribution in [0.25, 0.3) is 0 Å². The lowest BCUT2D eigenvalue weighted by Gasteiger charge is -2.44. The molecule has 0 spiro atoms. The summed E-state index contributed by atoms with van der Waals surface area (Å²) in [7, 11) is 3.08. The molecule has 3 atom stereocenters. The Hall–Kier alpha value is -5.62. The molecule has 13 heteroatoms. The van der Waals surface area contributed by atoms with Gasteiger partial charge in [-0.2, -0.15) is 0 Å². The summed E-state index contributed by atoms with van der Waals surface area (Å²) in [5.41, 5.74) is 4.65. The first-order chi connectivity index (χ1) is 30.1. The highest BCUT2D eigenvalue weighted by molar-refractivity contribution is 6.35. The van der Waals surface area contributed by atoms with Crippen molar-refractivity contribution < 1.29 is 38.1 Å². The van der Waals surface area contributed by atoms with Crippen molar-refractivity contribution in [2.45, 2.75) is 50.4 Å². The number of fused-ring (bicyclic) bond motifs is 3. The highest BCUT2D eigenvalue weighted by atomic mass is 35.5. The third-order valence-corrected chi connectivity index (χ3v) is 12.9. The molecule has 62 heavy (non-hydrogen) atoms. The Labute approximate surface area is 371 Å². The number of hydrogen-bond acceptors (Lipinski definition) is 10. The van der Waals surface area contributed by atoms with Crippen molar-refractivity contribution in [3.63, 3.8) is 0 Å². The van der Waals surface area contributed by atoms with Gasteiger partial charge in [-0.1, -0.05) is 83.9 Å². The Balaban J connectivity index is 0.862. The van der Waals surface area contributed by atoms with Crippen LogP contribution in [0, 0.1) is 11.8 Å². The first kappa shape index (κ1) is 43.0. The van der Waals surface area contributed by atoms with Crippen LogP contribution in [0.5, 0.6) is 17.2 Å². The summed E-state index contributed by atoms with van der Waals surface area (Å²) >= 11 is 12.9. The summed E-state index contributed by atoms with van der Waals surface area (Å²) in [4.78, 5) is 48.4. The van der Waals surface area contributed by atoms with Gasteiger partial charge in [0, 0.05) is 49.9 Å². The zero-order valence-electron chi connectivity index (χ0n) is 34.7. The number of amides is 1. The number of pyridine rings is 1. The highest BCUT2D eigenvalue weighted by Gasteiger charge is 2.39. The minimum absolute atomic E-state index is 0.0370. The fourth-order valence-electron chi connectivity index (χ4n) is 8.58. The molecular weight excluding hydrogens is 829 g/mol. The van der Waals surface area contributed by atoms with Crippen LogP contribution in [0.15, 0.2) is 109 Å². The number of piperidine rings is 3. The average molecular weight is 879 g/mol. The molecule has 1 aromatic heterocycles. The van der Waals surface area contributed by atoms with Crippen LogP contribution >= 0.6 is 23.2 Å². The molecule has 0 aliphatic carbocycles. The van der Waals surface area contributed by atoms with Gasteiger partial charge in [0.25, 0.3) is 5.91 Å². The van der Waals surface area contributed by atoms with E-state index in [1.54, 1.807) is 42.3 Å². The molecule has 322 valence electrons. The van der Waals surface area contributed by atoms with Gasteiger partial charge in [0.1, 0.15) is 24.6 Å². The number of carbonyl (C=O) groups excluding carboxylic acids is 3. The Kier molecular flexibility index (Phi) is 13.6. The molecule has 4 fully saturated rings. The Morgan fingerprint density at radius 2 is 1.48 bits per heavy atom. The molecule has 4 aliphatic heterocycles. The van der Waals surface area contributed by atoms with Gasteiger partial charge >= 0.3 is 11.9 Å². The van der Waals surface area contributed by atoms with Crippen LogP contribution < -0.4 is 14.2 Å².